The number of carbonyl (C=O) groups excluding carboxylic acids is 1. The first-order valence-electron chi connectivity index (χ1n) is 17.0. The minimum Gasteiger partial charge on any atom is -0.494 e. The van der Waals surface area contributed by atoms with E-state index in [4.69, 9.17) is 28.4 Å². The molecule has 0 spiro atoms. The van der Waals surface area contributed by atoms with Crippen LogP contribution < -0.4 is 14.2 Å². The molecule has 1 atom stereocenters. The largest absolute Gasteiger partial charge is 0.494 e. The van der Waals surface area contributed by atoms with Gasteiger partial charge in [0.15, 0.2) is 12.4 Å². The molecule has 2 aromatic rings. The van der Waals surface area contributed by atoms with Gasteiger partial charge >= 0.3 is 5.97 Å². The minimum atomic E-state index is -0.744. The number of nitrogens with zero attached hydrogens (tertiary/aromatic N) is 2. The predicted octanol–water partition coefficient (Wildman–Crippen LogP) is 9.90. The third-order valence-corrected chi connectivity index (χ3v) is 7.04. The van der Waals surface area contributed by atoms with Gasteiger partial charge in [0.1, 0.15) is 22.9 Å². The second kappa shape index (κ2) is 24.1. The average molecular weight is 629 g/mol. The van der Waals surface area contributed by atoms with Crippen molar-refractivity contribution in [1.29, 1.82) is 0 Å². The molecule has 0 saturated carbocycles. The zero-order chi connectivity index (χ0) is 32.5. The summed E-state index contributed by atoms with van der Waals surface area (Å²) < 4.78 is 34.1. The summed E-state index contributed by atoms with van der Waals surface area (Å²) in [6.45, 7) is 12.7. The van der Waals surface area contributed by atoms with Crippen LogP contribution >= 0.6 is 0 Å². The van der Waals surface area contributed by atoms with Gasteiger partial charge in [0.2, 0.25) is 0 Å². The molecule has 0 aliphatic heterocycles. The van der Waals surface area contributed by atoms with Gasteiger partial charge in [-0.3, -0.25) is 0 Å². The first-order chi connectivity index (χ1) is 22.0. The lowest BCUT2D eigenvalue weighted by Gasteiger charge is -2.16. The number of esters is 1. The molecule has 1 unspecified atom stereocenters. The Bertz CT molecular complexity index is 1070. The number of rotatable bonds is 26. The Kier molecular flexibility index (Phi) is 20.4. The number of unbranched alkanes of at least 4 members (excludes halogenated alkanes) is 8. The number of azo groups is 1. The van der Waals surface area contributed by atoms with Crippen molar-refractivity contribution in [3.05, 3.63) is 42.5 Å². The standard InChI is InChI=1S/C36H56N2O7/c1-6-10-26-44-36(39)29(5)45-32-24-25-34(33(28-32)38-37-30-20-22-31(23-21-30)40-7-2)43-27-18-16-14-12-11-13-15-17-19-35(41-8-3)42-9-4/h20-25,28-29,35H,6-19,26-27H2,1-5H3/b38-37+. The second-order valence-electron chi connectivity index (χ2n) is 10.8. The number of hydrogen-bond donors (Lipinski definition) is 0. The number of hydrogen-bond acceptors (Lipinski definition) is 9. The first-order valence-corrected chi connectivity index (χ1v) is 17.0. The van der Waals surface area contributed by atoms with E-state index in [0.717, 1.165) is 44.3 Å². The van der Waals surface area contributed by atoms with E-state index in [2.05, 4.69) is 10.2 Å². The lowest BCUT2D eigenvalue weighted by Crippen LogP contribution is -2.26. The fourth-order valence-electron chi connectivity index (χ4n) is 4.59. The van der Waals surface area contributed by atoms with Crippen LogP contribution in [0, 0.1) is 0 Å². The molecular formula is C36H56N2O7. The summed E-state index contributed by atoms with van der Waals surface area (Å²) in [6.07, 6.45) is 11.3. The van der Waals surface area contributed by atoms with Gasteiger partial charge < -0.3 is 28.4 Å². The third kappa shape index (κ3) is 16.6. The van der Waals surface area contributed by atoms with E-state index < -0.39 is 12.1 Å². The van der Waals surface area contributed by atoms with Crippen LogP contribution in [0.2, 0.25) is 0 Å². The molecule has 0 bridgehead atoms. The van der Waals surface area contributed by atoms with Crippen molar-refractivity contribution in [2.24, 2.45) is 10.2 Å². The Morgan fingerprint density at radius 2 is 1.33 bits per heavy atom. The van der Waals surface area contributed by atoms with E-state index in [1.54, 1.807) is 19.1 Å². The maximum atomic E-state index is 12.3. The first kappa shape index (κ1) is 38.0. The van der Waals surface area contributed by atoms with Gasteiger partial charge in [-0.2, -0.15) is 5.11 Å². The van der Waals surface area contributed by atoms with Crippen LogP contribution in [-0.4, -0.2) is 51.4 Å². The van der Waals surface area contributed by atoms with E-state index >= 15 is 0 Å². The lowest BCUT2D eigenvalue weighted by atomic mass is 10.1. The van der Waals surface area contributed by atoms with E-state index in [1.807, 2.05) is 58.0 Å². The highest BCUT2D eigenvalue weighted by atomic mass is 16.7. The summed E-state index contributed by atoms with van der Waals surface area (Å²) in [5.41, 5.74) is 1.22. The lowest BCUT2D eigenvalue weighted by molar-refractivity contribution is -0.151. The van der Waals surface area contributed by atoms with Crippen molar-refractivity contribution in [1.82, 2.24) is 0 Å². The molecule has 252 valence electrons. The zero-order valence-corrected chi connectivity index (χ0v) is 28.3. The van der Waals surface area contributed by atoms with Crippen LogP contribution in [0.1, 0.15) is 105 Å². The van der Waals surface area contributed by atoms with Crippen molar-refractivity contribution in [2.75, 3.05) is 33.0 Å². The second-order valence-corrected chi connectivity index (χ2v) is 10.8. The SMILES string of the molecule is CCCCOC(=O)C(C)Oc1ccc(OCCCCCCCCCCC(OCC)OCC)c(/N=N/c2ccc(OCC)cc2)c1. The molecule has 0 amide bonds. The summed E-state index contributed by atoms with van der Waals surface area (Å²) in [6, 6.07) is 12.8. The van der Waals surface area contributed by atoms with Crippen LogP contribution in [0.15, 0.2) is 52.7 Å². The van der Waals surface area contributed by atoms with Gasteiger partial charge in [-0.1, -0.05) is 51.9 Å². The maximum absolute atomic E-state index is 12.3. The molecule has 9 nitrogen and oxygen atoms in total. The van der Waals surface area contributed by atoms with Gasteiger partial charge in [0, 0.05) is 19.3 Å². The van der Waals surface area contributed by atoms with Crippen molar-refractivity contribution >= 4 is 17.3 Å². The highest BCUT2D eigenvalue weighted by Gasteiger charge is 2.17. The summed E-state index contributed by atoms with van der Waals surface area (Å²) in [5, 5.41) is 8.87. The van der Waals surface area contributed by atoms with Crippen molar-refractivity contribution in [3.8, 4) is 17.2 Å². The molecule has 9 heteroatoms. The van der Waals surface area contributed by atoms with E-state index in [1.165, 1.54) is 32.1 Å². The highest BCUT2D eigenvalue weighted by Crippen LogP contribution is 2.34. The predicted molar refractivity (Wildman–Crippen MR) is 178 cm³/mol. The molecule has 0 heterocycles. The Morgan fingerprint density at radius 3 is 1.98 bits per heavy atom. The summed E-state index contributed by atoms with van der Waals surface area (Å²) >= 11 is 0. The molecule has 0 fully saturated rings. The molecule has 45 heavy (non-hydrogen) atoms. The maximum Gasteiger partial charge on any atom is 0.347 e. The van der Waals surface area contributed by atoms with Crippen LogP contribution in [0.3, 0.4) is 0 Å². The smallest absolute Gasteiger partial charge is 0.347 e. The molecular weight excluding hydrogens is 572 g/mol. The van der Waals surface area contributed by atoms with Crippen LogP contribution in [0.5, 0.6) is 17.2 Å². The summed E-state index contributed by atoms with van der Waals surface area (Å²) in [7, 11) is 0. The Labute approximate surface area is 271 Å². The molecule has 0 saturated heterocycles. The number of carbonyl (C=O) groups is 1. The minimum absolute atomic E-state index is 0.0550. The van der Waals surface area contributed by atoms with Crippen LogP contribution in [-0.2, 0) is 19.0 Å². The molecule has 0 radical (unpaired) electrons. The van der Waals surface area contributed by atoms with E-state index in [9.17, 15) is 4.79 Å². The van der Waals surface area contributed by atoms with Gasteiger partial charge in [0.05, 0.1) is 25.5 Å². The molecule has 0 N–H and O–H groups in total. The van der Waals surface area contributed by atoms with Gasteiger partial charge in [-0.05, 0) is 89.8 Å². The van der Waals surface area contributed by atoms with Gasteiger partial charge in [-0.15, -0.1) is 5.11 Å². The highest BCUT2D eigenvalue weighted by molar-refractivity contribution is 5.74. The molecule has 2 rings (SSSR count). The third-order valence-electron chi connectivity index (χ3n) is 7.04. The summed E-state index contributed by atoms with van der Waals surface area (Å²) in [4.78, 5) is 12.3. The van der Waals surface area contributed by atoms with Crippen molar-refractivity contribution in [3.63, 3.8) is 0 Å². The van der Waals surface area contributed by atoms with Crippen molar-refractivity contribution in [2.45, 2.75) is 118 Å². The monoisotopic (exact) mass is 628 g/mol. The fourth-order valence-corrected chi connectivity index (χ4v) is 4.59. The number of ether oxygens (including phenoxy) is 6. The van der Waals surface area contributed by atoms with E-state index in [0.29, 0.717) is 55.9 Å². The quantitative estimate of drug-likeness (QED) is 0.0443. The molecule has 0 aromatic heterocycles. The Morgan fingerprint density at radius 1 is 0.689 bits per heavy atom. The van der Waals surface area contributed by atoms with Gasteiger partial charge in [0.25, 0.3) is 0 Å². The Hall–Kier alpha value is -3.17. The average Bonchev–Trinajstić information content (AvgIpc) is 3.04. The van der Waals surface area contributed by atoms with Crippen molar-refractivity contribution < 1.29 is 33.2 Å². The fraction of sp³-hybridized carbons (Fsp3) is 0.639. The van der Waals surface area contributed by atoms with Crippen LogP contribution in [0.25, 0.3) is 0 Å². The molecule has 0 aliphatic rings. The molecule has 2 aromatic carbocycles. The zero-order valence-electron chi connectivity index (χ0n) is 28.3. The van der Waals surface area contributed by atoms with Crippen LogP contribution in [0.4, 0.5) is 11.4 Å². The normalized spacial score (nSPS) is 12.0. The van der Waals surface area contributed by atoms with Gasteiger partial charge in [-0.25, -0.2) is 4.79 Å². The molecule has 0 aliphatic carbocycles. The summed E-state index contributed by atoms with van der Waals surface area (Å²) in [5.74, 6) is 1.50. The Balaban J connectivity index is 1.85. The topological polar surface area (TPSA) is 97.2 Å². The number of benzene rings is 2. The van der Waals surface area contributed by atoms with E-state index in [-0.39, 0.29) is 6.29 Å².